The first kappa shape index (κ1) is 18.7. The molecule has 1 heterocycles. The topological polar surface area (TPSA) is 80.3 Å². The molecule has 2 N–H and O–H groups in total. The molecule has 1 aromatic heterocycles. The van der Waals surface area contributed by atoms with E-state index in [0.29, 0.717) is 5.02 Å². The van der Waals surface area contributed by atoms with Crippen LogP contribution < -0.4 is 10.9 Å². The summed E-state index contributed by atoms with van der Waals surface area (Å²) in [6.45, 7) is 5.22. The molecule has 6 nitrogen and oxygen atoms in total. The fourth-order valence-corrected chi connectivity index (χ4v) is 3.01. The van der Waals surface area contributed by atoms with Crippen molar-refractivity contribution >= 4 is 57.1 Å². The Morgan fingerprint density at radius 1 is 1.25 bits per heavy atom. The van der Waals surface area contributed by atoms with Crippen LogP contribution >= 0.6 is 34.2 Å². The van der Waals surface area contributed by atoms with Crippen molar-refractivity contribution in [2.45, 2.75) is 32.8 Å². The Labute approximate surface area is 158 Å². The lowest BCUT2D eigenvalue weighted by molar-refractivity contribution is -0.121. The summed E-state index contributed by atoms with van der Waals surface area (Å²) in [5.74, 6) is -0.356. The lowest BCUT2D eigenvalue weighted by Crippen LogP contribution is -2.44. The molecule has 0 saturated carbocycles. The largest absolute Gasteiger partial charge is 0.443 e. The Bertz CT molecular complexity index is 790. The summed E-state index contributed by atoms with van der Waals surface area (Å²) in [5, 5.41) is 1.39. The second-order valence-corrected chi connectivity index (χ2v) is 7.75. The average molecular weight is 462 g/mol. The normalized spacial score (nSPS) is 11.2. The number of nitrogens with zero attached hydrogens (tertiary/aromatic N) is 1. The van der Waals surface area contributed by atoms with Gasteiger partial charge in [-0.2, -0.15) is 0 Å². The SMILES string of the molecule is CC(C)(C)OC(=O)NNC(=O)Cc1cc(I)c2ncc(Cl)cc2c1. The molecule has 1 aromatic carbocycles. The van der Waals surface area contributed by atoms with Gasteiger partial charge in [-0.1, -0.05) is 11.6 Å². The molecule has 2 aromatic rings. The molecule has 24 heavy (non-hydrogen) atoms. The monoisotopic (exact) mass is 461 g/mol. The van der Waals surface area contributed by atoms with E-state index in [1.54, 1.807) is 33.0 Å². The van der Waals surface area contributed by atoms with Crippen LogP contribution in [0.25, 0.3) is 10.9 Å². The van der Waals surface area contributed by atoms with E-state index in [0.717, 1.165) is 20.0 Å². The van der Waals surface area contributed by atoms with E-state index in [4.69, 9.17) is 16.3 Å². The van der Waals surface area contributed by atoms with E-state index < -0.39 is 11.7 Å². The summed E-state index contributed by atoms with van der Waals surface area (Å²) < 4.78 is 5.96. The van der Waals surface area contributed by atoms with Crippen molar-refractivity contribution in [2.24, 2.45) is 0 Å². The van der Waals surface area contributed by atoms with Crippen molar-refractivity contribution in [3.63, 3.8) is 0 Å². The number of ether oxygens (including phenoxy) is 1. The first-order valence-corrected chi connectivity index (χ1v) is 8.61. The Morgan fingerprint density at radius 2 is 1.96 bits per heavy atom. The van der Waals surface area contributed by atoms with Gasteiger partial charge in [0, 0.05) is 15.2 Å². The summed E-state index contributed by atoms with van der Waals surface area (Å²) in [6.07, 6.45) is 0.983. The van der Waals surface area contributed by atoms with E-state index in [2.05, 4.69) is 38.4 Å². The van der Waals surface area contributed by atoms with E-state index in [9.17, 15) is 9.59 Å². The molecule has 128 valence electrons. The number of fused-ring (bicyclic) bond motifs is 1. The van der Waals surface area contributed by atoms with Gasteiger partial charge >= 0.3 is 6.09 Å². The smallest absolute Gasteiger partial charge is 0.426 e. The summed E-state index contributed by atoms with van der Waals surface area (Å²) in [7, 11) is 0. The maximum atomic E-state index is 12.0. The molecule has 0 saturated heterocycles. The number of halogens is 2. The van der Waals surface area contributed by atoms with Gasteiger partial charge in [0.15, 0.2) is 0 Å². The van der Waals surface area contributed by atoms with Gasteiger partial charge in [-0.25, -0.2) is 10.2 Å². The summed E-state index contributed by atoms with van der Waals surface area (Å²) >= 11 is 8.12. The lowest BCUT2D eigenvalue weighted by Gasteiger charge is -2.19. The van der Waals surface area contributed by atoms with Gasteiger partial charge in [-0.15, -0.1) is 0 Å². The highest BCUT2D eigenvalue weighted by atomic mass is 127. The van der Waals surface area contributed by atoms with Crippen molar-refractivity contribution in [3.05, 3.63) is 38.6 Å². The number of aromatic nitrogens is 1. The first-order chi connectivity index (χ1) is 11.1. The van der Waals surface area contributed by atoms with E-state index in [-0.39, 0.29) is 12.3 Å². The number of nitrogens with one attached hydrogen (secondary N) is 2. The van der Waals surface area contributed by atoms with Gasteiger partial charge in [0.2, 0.25) is 5.91 Å². The number of carbonyl (C=O) groups is 2. The number of pyridine rings is 1. The van der Waals surface area contributed by atoms with Crippen LogP contribution in [0.3, 0.4) is 0 Å². The minimum atomic E-state index is -0.708. The van der Waals surface area contributed by atoms with Crippen LogP contribution in [0.5, 0.6) is 0 Å². The van der Waals surface area contributed by atoms with Crippen molar-refractivity contribution in [1.82, 2.24) is 15.8 Å². The first-order valence-electron chi connectivity index (χ1n) is 7.15. The zero-order valence-electron chi connectivity index (χ0n) is 13.4. The minimum absolute atomic E-state index is 0.105. The van der Waals surface area contributed by atoms with Crippen LogP contribution in [0, 0.1) is 3.57 Å². The fourth-order valence-electron chi connectivity index (χ4n) is 1.99. The number of hydrogen-bond donors (Lipinski definition) is 2. The van der Waals surface area contributed by atoms with Crippen LogP contribution in [-0.4, -0.2) is 22.6 Å². The van der Waals surface area contributed by atoms with E-state index >= 15 is 0 Å². The third-order valence-electron chi connectivity index (χ3n) is 2.83. The van der Waals surface area contributed by atoms with Crippen molar-refractivity contribution in [2.75, 3.05) is 0 Å². The molecular formula is C16H17ClIN3O3. The van der Waals surface area contributed by atoms with Crippen LogP contribution in [0.2, 0.25) is 5.02 Å². The van der Waals surface area contributed by atoms with Gasteiger partial charge in [0.25, 0.3) is 0 Å². The van der Waals surface area contributed by atoms with Gasteiger partial charge in [-0.3, -0.25) is 15.2 Å². The van der Waals surface area contributed by atoms with E-state index in [1.165, 1.54) is 0 Å². The van der Waals surface area contributed by atoms with Crippen LogP contribution in [0.4, 0.5) is 4.79 Å². The highest BCUT2D eigenvalue weighted by Gasteiger charge is 2.16. The Morgan fingerprint density at radius 3 is 2.62 bits per heavy atom. The third kappa shape index (κ3) is 5.48. The Kier molecular flexibility index (Phi) is 5.87. The Hall–Kier alpha value is -1.61. The molecule has 0 aliphatic carbocycles. The molecule has 0 aliphatic rings. The molecule has 2 amide bonds. The van der Waals surface area contributed by atoms with Gasteiger partial charge < -0.3 is 4.74 Å². The maximum Gasteiger partial charge on any atom is 0.426 e. The molecule has 2 rings (SSSR count). The number of amides is 2. The highest BCUT2D eigenvalue weighted by molar-refractivity contribution is 14.1. The third-order valence-corrected chi connectivity index (χ3v) is 3.86. The lowest BCUT2D eigenvalue weighted by atomic mass is 10.1. The fraction of sp³-hybridized carbons (Fsp3) is 0.312. The van der Waals surface area contributed by atoms with Gasteiger partial charge in [-0.05, 0) is 67.1 Å². The predicted molar refractivity (Wildman–Crippen MR) is 101 cm³/mol. The zero-order valence-corrected chi connectivity index (χ0v) is 16.4. The molecule has 0 radical (unpaired) electrons. The molecule has 0 bridgehead atoms. The molecule has 0 spiro atoms. The van der Waals surface area contributed by atoms with Crippen LogP contribution in [0.1, 0.15) is 26.3 Å². The molecular weight excluding hydrogens is 445 g/mol. The maximum absolute atomic E-state index is 12.0. The number of hydrogen-bond acceptors (Lipinski definition) is 4. The van der Waals surface area contributed by atoms with E-state index in [1.807, 2.05) is 12.1 Å². The summed E-state index contributed by atoms with van der Waals surface area (Å²) in [4.78, 5) is 27.8. The van der Waals surface area contributed by atoms with Crippen LogP contribution in [0.15, 0.2) is 24.4 Å². The molecule has 8 heteroatoms. The highest BCUT2D eigenvalue weighted by Crippen LogP contribution is 2.23. The summed E-state index contributed by atoms with van der Waals surface area (Å²) in [6, 6.07) is 5.52. The quantitative estimate of drug-likeness (QED) is 0.529. The minimum Gasteiger partial charge on any atom is -0.443 e. The van der Waals surface area contributed by atoms with Crippen molar-refractivity contribution in [1.29, 1.82) is 0 Å². The zero-order chi connectivity index (χ0) is 17.9. The standard InChI is InChI=1S/C16H17ClIN3O3/c1-16(2,3)24-15(23)21-20-13(22)6-9-4-10-7-11(17)8-19-14(10)12(18)5-9/h4-5,7-8H,6H2,1-3H3,(H,20,22)(H,21,23). The predicted octanol–water partition coefficient (Wildman–Crippen LogP) is 3.59. The Balaban J connectivity index is 2.01. The second-order valence-electron chi connectivity index (χ2n) is 6.15. The van der Waals surface area contributed by atoms with Crippen LogP contribution in [-0.2, 0) is 16.0 Å². The number of rotatable bonds is 2. The molecule has 0 unspecified atom stereocenters. The number of benzene rings is 1. The average Bonchev–Trinajstić information content (AvgIpc) is 2.42. The molecule has 0 fully saturated rings. The van der Waals surface area contributed by atoms with Crippen molar-refractivity contribution < 1.29 is 14.3 Å². The molecule has 0 atom stereocenters. The second kappa shape index (κ2) is 7.52. The molecule has 0 aliphatic heterocycles. The van der Waals surface area contributed by atoms with Crippen molar-refractivity contribution in [3.8, 4) is 0 Å². The van der Waals surface area contributed by atoms with Gasteiger partial charge in [0.05, 0.1) is 17.0 Å². The number of carbonyl (C=O) groups excluding carboxylic acids is 2. The van der Waals surface area contributed by atoms with Gasteiger partial charge in [0.1, 0.15) is 5.60 Å². The summed E-state index contributed by atoms with van der Waals surface area (Å²) in [5.41, 5.74) is 5.54. The number of hydrazine groups is 1.